The number of nitrogens with one attached hydrogen (secondary N) is 1. The quantitative estimate of drug-likeness (QED) is 0.745. The first kappa shape index (κ1) is 9.44. The summed E-state index contributed by atoms with van der Waals surface area (Å²) < 4.78 is 0. The van der Waals surface area contributed by atoms with Crippen molar-refractivity contribution in [1.29, 1.82) is 0 Å². The van der Waals surface area contributed by atoms with Gasteiger partial charge in [-0.15, -0.1) is 0 Å². The molecule has 0 bridgehead atoms. The molecule has 1 aromatic heterocycles. The highest BCUT2D eigenvalue weighted by Gasteiger charge is 2.18. The lowest BCUT2D eigenvalue weighted by Crippen LogP contribution is -2.12. The molecule has 0 atom stereocenters. The monoisotopic (exact) mass is 191 g/mol. The zero-order valence-electron chi connectivity index (χ0n) is 8.25. The average Bonchev–Trinajstić information content (AvgIpc) is 2.72. The first-order valence-electron chi connectivity index (χ1n) is 5.31. The summed E-state index contributed by atoms with van der Waals surface area (Å²) in [7, 11) is 0. The number of nitrogens with zero attached hydrogens (tertiary/aromatic N) is 1. The highest BCUT2D eigenvalue weighted by atomic mass is 16.1. The van der Waals surface area contributed by atoms with Crippen LogP contribution in [0.3, 0.4) is 0 Å². The highest BCUT2D eigenvalue weighted by molar-refractivity contribution is 5.94. The van der Waals surface area contributed by atoms with E-state index in [1.165, 1.54) is 32.1 Å². The van der Waals surface area contributed by atoms with Gasteiger partial charge in [0, 0.05) is 12.6 Å². The smallest absolute Gasteiger partial charge is 0.183 e. The molecular weight excluding hydrogens is 176 g/mol. The van der Waals surface area contributed by atoms with Crippen molar-refractivity contribution in [1.82, 2.24) is 9.97 Å². The number of aromatic amines is 1. The second kappa shape index (κ2) is 4.40. The van der Waals surface area contributed by atoms with Gasteiger partial charge in [-0.1, -0.05) is 32.1 Å². The molecular formula is C11H15N2O. The molecule has 0 spiro atoms. The van der Waals surface area contributed by atoms with Crippen LogP contribution in [0.2, 0.25) is 0 Å². The van der Waals surface area contributed by atoms with Crippen molar-refractivity contribution in [2.45, 2.75) is 38.5 Å². The molecule has 1 radical (unpaired) electrons. The van der Waals surface area contributed by atoms with Gasteiger partial charge in [0.25, 0.3) is 0 Å². The van der Waals surface area contributed by atoms with Gasteiger partial charge in [0.2, 0.25) is 0 Å². The number of hydrogen-bond donors (Lipinski definition) is 1. The van der Waals surface area contributed by atoms with Crippen LogP contribution in [0.5, 0.6) is 0 Å². The van der Waals surface area contributed by atoms with Gasteiger partial charge >= 0.3 is 0 Å². The molecule has 1 aromatic rings. The van der Waals surface area contributed by atoms with Crippen LogP contribution >= 0.6 is 0 Å². The number of carbonyl (C=O) groups excluding carboxylic acids is 1. The van der Waals surface area contributed by atoms with E-state index in [2.05, 4.69) is 16.3 Å². The van der Waals surface area contributed by atoms with Crippen molar-refractivity contribution in [3.63, 3.8) is 0 Å². The van der Waals surface area contributed by atoms with Crippen LogP contribution < -0.4 is 0 Å². The predicted octanol–water partition coefficient (Wildman–Crippen LogP) is 2.36. The Morgan fingerprint density at radius 2 is 2.29 bits per heavy atom. The molecule has 0 amide bonds. The largest absolute Gasteiger partial charge is 0.341 e. The fraction of sp³-hybridized carbons (Fsp3) is 0.636. The molecule has 14 heavy (non-hydrogen) atoms. The number of rotatable bonds is 3. The molecule has 1 aliphatic rings. The summed E-state index contributed by atoms with van der Waals surface area (Å²) in [5.74, 6) is 0.752. The number of carbonyl (C=O) groups is 1. The van der Waals surface area contributed by atoms with Crippen molar-refractivity contribution in [2.75, 3.05) is 0 Å². The fourth-order valence-electron chi connectivity index (χ4n) is 2.13. The van der Waals surface area contributed by atoms with Crippen molar-refractivity contribution in [2.24, 2.45) is 5.92 Å². The summed E-state index contributed by atoms with van der Waals surface area (Å²) in [5.41, 5.74) is 0.538. The van der Waals surface area contributed by atoms with Crippen LogP contribution in [-0.4, -0.2) is 15.8 Å². The molecule has 1 fully saturated rings. The molecule has 1 aliphatic carbocycles. The normalized spacial score (nSPS) is 18.3. The maximum Gasteiger partial charge on any atom is 0.183 e. The van der Waals surface area contributed by atoms with Crippen LogP contribution in [0.15, 0.2) is 6.20 Å². The molecule has 3 heteroatoms. The number of hydrogen-bond acceptors (Lipinski definition) is 2. The first-order valence-corrected chi connectivity index (χ1v) is 5.31. The van der Waals surface area contributed by atoms with Crippen molar-refractivity contribution in [3.05, 3.63) is 18.2 Å². The van der Waals surface area contributed by atoms with E-state index < -0.39 is 0 Å². The summed E-state index contributed by atoms with van der Waals surface area (Å²) in [6.45, 7) is 0. The van der Waals surface area contributed by atoms with E-state index in [0.717, 1.165) is 0 Å². The molecule has 0 aromatic carbocycles. The van der Waals surface area contributed by atoms with E-state index in [4.69, 9.17) is 0 Å². The third-order valence-corrected chi connectivity index (χ3v) is 2.93. The van der Waals surface area contributed by atoms with E-state index in [9.17, 15) is 4.79 Å². The predicted molar refractivity (Wildman–Crippen MR) is 52.9 cm³/mol. The number of ketones is 1. The number of H-pyrrole nitrogens is 1. The summed E-state index contributed by atoms with van der Waals surface area (Å²) in [4.78, 5) is 18.2. The maximum atomic E-state index is 11.7. The van der Waals surface area contributed by atoms with Gasteiger partial charge in [0.1, 0.15) is 5.69 Å². The SMILES string of the molecule is O=C(CC1CCCCC1)c1c[nH][c]n1. The Kier molecular flexibility index (Phi) is 2.96. The van der Waals surface area contributed by atoms with Gasteiger partial charge in [-0.05, 0) is 5.92 Å². The second-order valence-corrected chi connectivity index (χ2v) is 4.03. The fourth-order valence-corrected chi connectivity index (χ4v) is 2.13. The van der Waals surface area contributed by atoms with Crippen LogP contribution in [-0.2, 0) is 0 Å². The summed E-state index contributed by atoms with van der Waals surface area (Å²) >= 11 is 0. The Hall–Kier alpha value is -1.12. The number of imidazole rings is 1. The summed E-state index contributed by atoms with van der Waals surface area (Å²) in [5, 5.41) is 0. The zero-order chi connectivity index (χ0) is 9.80. The third kappa shape index (κ3) is 2.22. The standard InChI is InChI=1S/C11H15N2O/c14-11(10-7-12-8-13-10)6-9-4-2-1-3-5-9/h7,9H,1-6H2,(H,12,13). The first-order chi connectivity index (χ1) is 6.86. The van der Waals surface area contributed by atoms with Crippen LogP contribution in [0, 0.1) is 12.2 Å². The van der Waals surface area contributed by atoms with Crippen LogP contribution in [0.4, 0.5) is 0 Å². The number of aromatic nitrogens is 2. The molecule has 2 rings (SSSR count). The molecule has 1 saturated carbocycles. The van der Waals surface area contributed by atoms with Gasteiger partial charge in [0.05, 0.1) is 0 Å². The average molecular weight is 191 g/mol. The van der Waals surface area contributed by atoms with E-state index >= 15 is 0 Å². The summed E-state index contributed by atoms with van der Waals surface area (Å²) in [6.07, 6.45) is 11.2. The molecule has 0 aliphatic heterocycles. The Morgan fingerprint density at radius 3 is 2.93 bits per heavy atom. The van der Waals surface area contributed by atoms with Crippen LogP contribution in [0.25, 0.3) is 0 Å². The molecule has 3 nitrogen and oxygen atoms in total. The molecule has 0 unspecified atom stereocenters. The highest BCUT2D eigenvalue weighted by Crippen LogP contribution is 2.27. The van der Waals surface area contributed by atoms with E-state index in [-0.39, 0.29) is 5.78 Å². The maximum absolute atomic E-state index is 11.7. The van der Waals surface area contributed by atoms with E-state index in [1.807, 2.05) is 0 Å². The van der Waals surface area contributed by atoms with Crippen molar-refractivity contribution < 1.29 is 4.79 Å². The molecule has 1 N–H and O–H groups in total. The molecule has 75 valence electrons. The molecule has 0 saturated heterocycles. The lowest BCUT2D eigenvalue weighted by Gasteiger charge is -2.20. The van der Waals surface area contributed by atoms with Gasteiger partial charge in [0.15, 0.2) is 12.1 Å². The Bertz CT molecular complexity index is 286. The second-order valence-electron chi connectivity index (χ2n) is 4.03. The van der Waals surface area contributed by atoms with Gasteiger partial charge in [-0.25, -0.2) is 4.98 Å². The zero-order valence-corrected chi connectivity index (χ0v) is 8.25. The lowest BCUT2D eigenvalue weighted by atomic mass is 9.85. The summed E-state index contributed by atoms with van der Waals surface area (Å²) in [6, 6.07) is 0. The Labute approximate surface area is 83.9 Å². The minimum absolute atomic E-state index is 0.161. The number of Topliss-reactive ketones (excluding diaryl/α,β-unsaturated/α-hetero) is 1. The minimum atomic E-state index is 0.161. The van der Waals surface area contributed by atoms with Crippen molar-refractivity contribution >= 4 is 5.78 Å². The minimum Gasteiger partial charge on any atom is -0.341 e. The molecule has 1 heterocycles. The Balaban J connectivity index is 1.87. The van der Waals surface area contributed by atoms with Gasteiger partial charge in [-0.3, -0.25) is 4.79 Å². The van der Waals surface area contributed by atoms with Crippen molar-refractivity contribution in [3.8, 4) is 0 Å². The van der Waals surface area contributed by atoms with E-state index in [1.54, 1.807) is 6.20 Å². The van der Waals surface area contributed by atoms with E-state index in [0.29, 0.717) is 18.0 Å². The van der Waals surface area contributed by atoms with Gasteiger partial charge < -0.3 is 4.98 Å². The topological polar surface area (TPSA) is 45.8 Å². The third-order valence-electron chi connectivity index (χ3n) is 2.93. The van der Waals surface area contributed by atoms with Gasteiger partial charge in [-0.2, -0.15) is 0 Å². The Morgan fingerprint density at radius 1 is 1.50 bits per heavy atom. The lowest BCUT2D eigenvalue weighted by molar-refractivity contribution is 0.0946. The van der Waals surface area contributed by atoms with Crippen LogP contribution in [0.1, 0.15) is 49.0 Å².